The van der Waals surface area contributed by atoms with Crippen LogP contribution in [0.15, 0.2) is 47.4 Å². The van der Waals surface area contributed by atoms with Gasteiger partial charge in [0.2, 0.25) is 0 Å². The van der Waals surface area contributed by atoms with Gasteiger partial charge in [-0.25, -0.2) is 9.48 Å². The molecule has 0 unspecified atom stereocenters. The number of rotatable bonds is 8. The Balaban J connectivity index is 2.30. The highest BCUT2D eigenvalue weighted by molar-refractivity contribution is 5.82. The molecule has 30 heavy (non-hydrogen) atoms. The fourth-order valence-electron chi connectivity index (χ4n) is 2.60. The molecule has 0 radical (unpaired) electrons. The molecular weight excluding hydrogens is 403 g/mol. The van der Waals surface area contributed by atoms with E-state index in [-0.39, 0.29) is 13.2 Å². The van der Waals surface area contributed by atoms with E-state index in [0.717, 1.165) is 17.0 Å². The second-order valence-electron chi connectivity index (χ2n) is 6.29. The van der Waals surface area contributed by atoms with Gasteiger partial charge in [-0.15, -0.1) is 0 Å². The SMILES string of the molecule is CCOC(=O)/C=C/[C@H](C)Nc1cnn(Cc2ccc(OC)cc2)c(=O)c1C(F)(F)F. The van der Waals surface area contributed by atoms with E-state index < -0.39 is 35.0 Å². The number of carbonyl (C=O) groups is 1. The predicted octanol–water partition coefficient (Wildman–Crippen LogP) is 3.24. The van der Waals surface area contributed by atoms with Crippen molar-refractivity contribution in [2.24, 2.45) is 0 Å². The Labute approximate surface area is 171 Å². The zero-order valence-corrected chi connectivity index (χ0v) is 16.7. The molecule has 0 bridgehead atoms. The third-order valence-electron chi connectivity index (χ3n) is 4.01. The van der Waals surface area contributed by atoms with Gasteiger partial charge >= 0.3 is 12.1 Å². The van der Waals surface area contributed by atoms with Crippen LogP contribution in [0, 0.1) is 0 Å². The minimum atomic E-state index is -4.89. The lowest BCUT2D eigenvalue weighted by atomic mass is 10.2. The number of methoxy groups -OCH3 is 1. The molecule has 1 heterocycles. The third kappa shape index (κ3) is 6.10. The van der Waals surface area contributed by atoms with Crippen LogP contribution in [0.5, 0.6) is 5.75 Å². The highest BCUT2D eigenvalue weighted by Crippen LogP contribution is 2.32. The Kier molecular flexibility index (Phi) is 7.62. The van der Waals surface area contributed by atoms with Crippen molar-refractivity contribution in [1.82, 2.24) is 9.78 Å². The Hall–Kier alpha value is -3.30. The Bertz CT molecular complexity index is 953. The Morgan fingerprint density at radius 1 is 1.30 bits per heavy atom. The third-order valence-corrected chi connectivity index (χ3v) is 4.01. The number of alkyl halides is 3. The van der Waals surface area contributed by atoms with E-state index in [9.17, 15) is 22.8 Å². The average molecular weight is 425 g/mol. The van der Waals surface area contributed by atoms with Gasteiger partial charge in [0, 0.05) is 12.1 Å². The van der Waals surface area contributed by atoms with Crippen molar-refractivity contribution in [1.29, 1.82) is 0 Å². The number of esters is 1. The monoisotopic (exact) mass is 425 g/mol. The standard InChI is InChI=1S/C20H22F3N3O4/c1-4-30-17(27)10-5-13(2)25-16-11-24-26(19(28)18(16)20(21,22)23)12-14-6-8-15(29-3)9-7-14/h5-11,13,25H,4,12H2,1-3H3/b10-5+/t13-/m0/s1. The summed E-state index contributed by atoms with van der Waals surface area (Å²) in [5.74, 6) is -0.0327. The predicted molar refractivity (Wildman–Crippen MR) is 104 cm³/mol. The zero-order chi connectivity index (χ0) is 22.3. The number of hydrogen-bond donors (Lipinski definition) is 1. The summed E-state index contributed by atoms with van der Waals surface area (Å²) in [6.07, 6.45) is -1.51. The van der Waals surface area contributed by atoms with E-state index in [1.54, 1.807) is 31.2 Å². The van der Waals surface area contributed by atoms with Crippen LogP contribution in [0.4, 0.5) is 18.9 Å². The molecule has 2 rings (SSSR count). The van der Waals surface area contributed by atoms with Crippen LogP contribution >= 0.6 is 0 Å². The second-order valence-corrected chi connectivity index (χ2v) is 6.29. The van der Waals surface area contributed by atoms with E-state index in [1.807, 2.05) is 0 Å². The maximum atomic E-state index is 13.6. The van der Waals surface area contributed by atoms with Crippen LogP contribution in [0.25, 0.3) is 0 Å². The van der Waals surface area contributed by atoms with Gasteiger partial charge in [-0.2, -0.15) is 18.3 Å². The summed E-state index contributed by atoms with van der Waals surface area (Å²) in [5.41, 5.74) is -2.52. The van der Waals surface area contributed by atoms with Crippen molar-refractivity contribution in [3.05, 3.63) is 64.1 Å². The minimum absolute atomic E-state index is 0.134. The van der Waals surface area contributed by atoms with Gasteiger partial charge in [0.05, 0.1) is 32.1 Å². The lowest BCUT2D eigenvalue weighted by Gasteiger charge is -2.18. The molecule has 162 valence electrons. The average Bonchev–Trinajstić information content (AvgIpc) is 2.68. The largest absolute Gasteiger partial charge is 0.497 e. The first-order valence-electron chi connectivity index (χ1n) is 9.07. The number of nitrogens with one attached hydrogen (secondary N) is 1. The molecule has 7 nitrogen and oxygen atoms in total. The molecule has 1 atom stereocenters. The molecule has 0 amide bonds. The number of halogens is 3. The summed E-state index contributed by atoms with van der Waals surface area (Å²) < 4.78 is 51.3. The molecule has 0 saturated carbocycles. The van der Waals surface area contributed by atoms with Gasteiger partial charge in [-0.3, -0.25) is 4.79 Å². The first-order valence-corrected chi connectivity index (χ1v) is 9.07. The summed E-state index contributed by atoms with van der Waals surface area (Å²) in [6.45, 7) is 3.21. The van der Waals surface area contributed by atoms with Gasteiger partial charge in [0.1, 0.15) is 11.3 Å². The van der Waals surface area contributed by atoms with Crippen molar-refractivity contribution < 1.29 is 27.4 Å². The number of carbonyl (C=O) groups excluding carboxylic acids is 1. The molecule has 2 aromatic rings. The van der Waals surface area contributed by atoms with Crippen LogP contribution < -0.4 is 15.6 Å². The van der Waals surface area contributed by atoms with Crippen LogP contribution in [0.2, 0.25) is 0 Å². The number of ether oxygens (including phenoxy) is 2. The van der Waals surface area contributed by atoms with Crippen molar-refractivity contribution in [2.45, 2.75) is 32.6 Å². The van der Waals surface area contributed by atoms with Gasteiger partial charge in [-0.1, -0.05) is 18.2 Å². The summed E-state index contributed by atoms with van der Waals surface area (Å²) >= 11 is 0. The molecule has 10 heteroatoms. The van der Waals surface area contributed by atoms with Crippen molar-refractivity contribution in [2.75, 3.05) is 19.0 Å². The fourth-order valence-corrected chi connectivity index (χ4v) is 2.60. The van der Waals surface area contributed by atoms with Crippen LogP contribution in [0.1, 0.15) is 25.0 Å². The van der Waals surface area contributed by atoms with Crippen molar-refractivity contribution in [3.63, 3.8) is 0 Å². The van der Waals surface area contributed by atoms with Crippen LogP contribution in [-0.2, 0) is 22.3 Å². The fraction of sp³-hybridized carbons (Fsp3) is 0.350. The maximum Gasteiger partial charge on any atom is 0.423 e. The quantitative estimate of drug-likeness (QED) is 0.517. The summed E-state index contributed by atoms with van der Waals surface area (Å²) in [6, 6.07) is 5.86. The van der Waals surface area contributed by atoms with E-state index in [2.05, 4.69) is 10.4 Å². The van der Waals surface area contributed by atoms with Gasteiger partial charge in [0.25, 0.3) is 5.56 Å². The Morgan fingerprint density at radius 3 is 2.53 bits per heavy atom. The molecule has 0 aliphatic carbocycles. The first-order chi connectivity index (χ1) is 14.2. The number of hydrogen-bond acceptors (Lipinski definition) is 6. The highest BCUT2D eigenvalue weighted by Gasteiger charge is 2.38. The molecule has 1 aromatic carbocycles. The van der Waals surface area contributed by atoms with Gasteiger partial charge < -0.3 is 14.8 Å². The van der Waals surface area contributed by atoms with Gasteiger partial charge in [-0.05, 0) is 31.5 Å². The molecule has 0 aliphatic heterocycles. The smallest absolute Gasteiger partial charge is 0.423 e. The number of nitrogens with zero attached hydrogens (tertiary/aromatic N) is 2. The molecule has 0 fully saturated rings. The van der Waals surface area contributed by atoms with E-state index >= 15 is 0 Å². The number of aromatic nitrogens is 2. The Morgan fingerprint density at radius 2 is 1.97 bits per heavy atom. The molecular formula is C20H22F3N3O4. The van der Waals surface area contributed by atoms with Crippen molar-refractivity contribution in [3.8, 4) is 5.75 Å². The molecule has 0 spiro atoms. The van der Waals surface area contributed by atoms with Gasteiger partial charge in [0.15, 0.2) is 0 Å². The topological polar surface area (TPSA) is 82.4 Å². The minimum Gasteiger partial charge on any atom is -0.497 e. The maximum absolute atomic E-state index is 13.6. The van der Waals surface area contributed by atoms with E-state index in [4.69, 9.17) is 9.47 Å². The van der Waals surface area contributed by atoms with Crippen LogP contribution in [-0.4, -0.2) is 35.5 Å². The van der Waals surface area contributed by atoms with E-state index in [1.165, 1.54) is 20.1 Å². The first kappa shape index (κ1) is 23.0. The van der Waals surface area contributed by atoms with E-state index in [0.29, 0.717) is 11.3 Å². The van der Waals surface area contributed by atoms with Crippen molar-refractivity contribution >= 4 is 11.7 Å². The second kappa shape index (κ2) is 9.95. The van der Waals surface area contributed by atoms with Crippen LogP contribution in [0.3, 0.4) is 0 Å². The molecule has 0 saturated heterocycles. The molecule has 1 aromatic heterocycles. The highest BCUT2D eigenvalue weighted by atomic mass is 19.4. The summed E-state index contributed by atoms with van der Waals surface area (Å²) in [5, 5.41) is 6.42. The summed E-state index contributed by atoms with van der Waals surface area (Å²) in [7, 11) is 1.49. The normalized spacial score (nSPS) is 12.6. The number of benzene rings is 1. The summed E-state index contributed by atoms with van der Waals surface area (Å²) in [4.78, 5) is 23.9. The lowest BCUT2D eigenvalue weighted by Crippen LogP contribution is -2.33. The molecule has 1 N–H and O–H groups in total. The number of anilines is 1. The molecule has 0 aliphatic rings. The lowest BCUT2D eigenvalue weighted by molar-refractivity contribution is -0.139. The zero-order valence-electron chi connectivity index (χ0n) is 16.7.